The molecule has 1 aromatic rings. The van der Waals surface area contributed by atoms with Crippen LogP contribution in [0.5, 0.6) is 0 Å². The molecule has 2 nitrogen and oxygen atoms in total. The van der Waals surface area contributed by atoms with Crippen LogP contribution in [0.1, 0.15) is 12.0 Å². The summed E-state index contributed by atoms with van der Waals surface area (Å²) in [6, 6.07) is 7.69. The zero-order chi connectivity index (χ0) is 10.4. The highest BCUT2D eigenvalue weighted by Crippen LogP contribution is 2.18. The van der Waals surface area contributed by atoms with Gasteiger partial charge in [-0.1, -0.05) is 24.0 Å². The molecule has 3 heteroatoms. The van der Waals surface area contributed by atoms with E-state index < -0.39 is 5.97 Å². The Kier molecular flexibility index (Phi) is 4.09. The van der Waals surface area contributed by atoms with Gasteiger partial charge in [-0.25, -0.2) is 0 Å². The molecular weight excluding hydrogens is 196 g/mol. The molecule has 0 amide bonds. The van der Waals surface area contributed by atoms with Gasteiger partial charge >= 0.3 is 5.97 Å². The van der Waals surface area contributed by atoms with Crippen LogP contribution < -0.4 is 0 Å². The van der Waals surface area contributed by atoms with Crippen molar-refractivity contribution in [3.05, 3.63) is 29.8 Å². The predicted octanol–water partition coefficient (Wildman–Crippen LogP) is 2.23. The van der Waals surface area contributed by atoms with E-state index in [1.54, 1.807) is 11.8 Å². The van der Waals surface area contributed by atoms with E-state index in [2.05, 4.69) is 11.8 Å². The number of thioether (sulfide) groups is 1. The molecule has 0 fully saturated rings. The Bertz CT molecular complexity index is 388. The van der Waals surface area contributed by atoms with Gasteiger partial charge in [0.05, 0.1) is 0 Å². The molecule has 1 N–H and O–H groups in total. The molecule has 1 rings (SSSR count). The first-order valence-corrected chi connectivity index (χ1v) is 5.30. The summed E-state index contributed by atoms with van der Waals surface area (Å²) >= 11 is 1.60. The van der Waals surface area contributed by atoms with Crippen LogP contribution in [0.2, 0.25) is 0 Å². The van der Waals surface area contributed by atoms with Crippen LogP contribution in [0.4, 0.5) is 0 Å². The highest BCUT2D eigenvalue weighted by atomic mass is 32.2. The maximum absolute atomic E-state index is 10.2. The smallest absolute Gasteiger partial charge is 0.315 e. The van der Waals surface area contributed by atoms with E-state index in [4.69, 9.17) is 5.11 Å². The van der Waals surface area contributed by atoms with E-state index in [-0.39, 0.29) is 6.42 Å². The summed E-state index contributed by atoms with van der Waals surface area (Å²) in [7, 11) is 0. The summed E-state index contributed by atoms with van der Waals surface area (Å²) < 4.78 is 0. The average Bonchev–Trinajstić information content (AvgIpc) is 2.18. The van der Waals surface area contributed by atoms with E-state index in [0.29, 0.717) is 0 Å². The molecule has 0 bridgehead atoms. The van der Waals surface area contributed by atoms with Crippen molar-refractivity contribution in [1.29, 1.82) is 0 Å². The average molecular weight is 206 g/mol. The zero-order valence-electron chi connectivity index (χ0n) is 7.78. The fourth-order valence-corrected chi connectivity index (χ4v) is 1.52. The van der Waals surface area contributed by atoms with Gasteiger partial charge in [-0.3, -0.25) is 4.79 Å². The minimum Gasteiger partial charge on any atom is -0.481 e. The Morgan fingerprint density at radius 2 is 2.21 bits per heavy atom. The van der Waals surface area contributed by atoms with Crippen LogP contribution in [0.25, 0.3) is 0 Å². The van der Waals surface area contributed by atoms with Crippen molar-refractivity contribution in [2.24, 2.45) is 0 Å². The van der Waals surface area contributed by atoms with Gasteiger partial charge in [0.2, 0.25) is 0 Å². The lowest BCUT2D eigenvalue weighted by molar-refractivity contribution is -0.135. The Balaban J connectivity index is 2.83. The number of aliphatic carboxylic acids is 1. The minimum atomic E-state index is -0.890. The fourth-order valence-electron chi connectivity index (χ4n) is 0.963. The van der Waals surface area contributed by atoms with Crippen LogP contribution in [0.15, 0.2) is 29.2 Å². The largest absolute Gasteiger partial charge is 0.481 e. The number of carbonyl (C=O) groups is 1. The summed E-state index contributed by atoms with van der Waals surface area (Å²) in [4.78, 5) is 11.3. The predicted molar refractivity (Wildman–Crippen MR) is 57.4 cm³/mol. The lowest BCUT2D eigenvalue weighted by Gasteiger charge is -1.97. The number of hydrogen-bond donors (Lipinski definition) is 1. The summed E-state index contributed by atoms with van der Waals surface area (Å²) in [5.74, 6) is 4.57. The molecular formula is C11H10O2S. The quantitative estimate of drug-likeness (QED) is 0.595. The van der Waals surface area contributed by atoms with E-state index in [0.717, 1.165) is 10.5 Å². The third-order valence-electron chi connectivity index (χ3n) is 1.57. The second kappa shape index (κ2) is 5.36. The van der Waals surface area contributed by atoms with E-state index in [9.17, 15) is 4.79 Å². The lowest BCUT2D eigenvalue weighted by atomic mass is 10.2. The van der Waals surface area contributed by atoms with Crippen LogP contribution in [0.3, 0.4) is 0 Å². The van der Waals surface area contributed by atoms with Crippen molar-refractivity contribution in [2.75, 3.05) is 6.26 Å². The molecule has 0 aliphatic heterocycles. The van der Waals surface area contributed by atoms with Crippen molar-refractivity contribution < 1.29 is 9.90 Å². The maximum Gasteiger partial charge on any atom is 0.315 e. The van der Waals surface area contributed by atoms with Crippen molar-refractivity contribution >= 4 is 17.7 Å². The number of carboxylic acid groups (broad SMARTS) is 1. The Labute approximate surface area is 87.3 Å². The van der Waals surface area contributed by atoms with Crippen molar-refractivity contribution in [2.45, 2.75) is 11.3 Å². The Morgan fingerprint density at radius 1 is 1.50 bits per heavy atom. The fraction of sp³-hybridized carbons (Fsp3) is 0.182. The van der Waals surface area contributed by atoms with Gasteiger partial charge in [0, 0.05) is 10.5 Å². The molecule has 0 saturated carbocycles. The van der Waals surface area contributed by atoms with Crippen LogP contribution in [-0.2, 0) is 4.79 Å². The number of benzene rings is 1. The van der Waals surface area contributed by atoms with Crippen LogP contribution in [-0.4, -0.2) is 17.3 Å². The Morgan fingerprint density at radius 3 is 2.86 bits per heavy atom. The molecule has 0 unspecified atom stereocenters. The molecule has 0 radical (unpaired) electrons. The SMILES string of the molecule is CSc1ccccc1C#CCC(=O)O. The van der Waals surface area contributed by atoms with E-state index in [1.807, 2.05) is 30.5 Å². The minimum absolute atomic E-state index is 0.108. The number of carboxylic acids is 1. The van der Waals surface area contributed by atoms with Crippen molar-refractivity contribution in [1.82, 2.24) is 0 Å². The molecule has 0 aromatic heterocycles. The maximum atomic E-state index is 10.2. The van der Waals surface area contributed by atoms with Gasteiger partial charge in [-0.15, -0.1) is 11.8 Å². The Hall–Kier alpha value is -1.40. The normalized spacial score (nSPS) is 8.93. The second-order valence-electron chi connectivity index (χ2n) is 2.57. The molecule has 0 atom stereocenters. The molecule has 0 aliphatic rings. The summed E-state index contributed by atoms with van der Waals surface area (Å²) in [6.45, 7) is 0. The van der Waals surface area contributed by atoms with Gasteiger partial charge in [-0.05, 0) is 18.4 Å². The molecule has 0 spiro atoms. The van der Waals surface area contributed by atoms with Crippen molar-refractivity contribution in [3.63, 3.8) is 0 Å². The van der Waals surface area contributed by atoms with Gasteiger partial charge in [-0.2, -0.15) is 0 Å². The third-order valence-corrected chi connectivity index (χ3v) is 2.37. The number of rotatable bonds is 2. The standard InChI is InChI=1S/C11H10O2S/c1-14-10-7-3-2-5-9(10)6-4-8-11(12)13/h2-3,5,7H,8H2,1H3,(H,12,13). The van der Waals surface area contributed by atoms with Gasteiger partial charge in [0.15, 0.2) is 0 Å². The molecule has 0 heterocycles. The second-order valence-corrected chi connectivity index (χ2v) is 3.42. The highest BCUT2D eigenvalue weighted by molar-refractivity contribution is 7.98. The first kappa shape index (κ1) is 10.7. The van der Waals surface area contributed by atoms with Crippen molar-refractivity contribution in [3.8, 4) is 11.8 Å². The summed E-state index contributed by atoms with van der Waals surface area (Å²) in [5, 5.41) is 8.41. The summed E-state index contributed by atoms with van der Waals surface area (Å²) in [6.07, 6.45) is 1.86. The van der Waals surface area contributed by atoms with Gasteiger partial charge in [0.25, 0.3) is 0 Å². The first-order valence-electron chi connectivity index (χ1n) is 4.07. The van der Waals surface area contributed by atoms with Crippen LogP contribution in [0, 0.1) is 11.8 Å². The van der Waals surface area contributed by atoms with Crippen LogP contribution >= 0.6 is 11.8 Å². The highest BCUT2D eigenvalue weighted by Gasteiger charge is 1.95. The molecule has 72 valence electrons. The molecule has 0 aliphatic carbocycles. The van der Waals surface area contributed by atoms with E-state index >= 15 is 0 Å². The monoisotopic (exact) mass is 206 g/mol. The van der Waals surface area contributed by atoms with Gasteiger partial charge < -0.3 is 5.11 Å². The topological polar surface area (TPSA) is 37.3 Å². The molecule has 0 saturated heterocycles. The molecule has 1 aromatic carbocycles. The lowest BCUT2D eigenvalue weighted by Crippen LogP contribution is -1.90. The third kappa shape index (κ3) is 3.15. The molecule has 14 heavy (non-hydrogen) atoms. The first-order chi connectivity index (χ1) is 6.74. The zero-order valence-corrected chi connectivity index (χ0v) is 8.60. The summed E-state index contributed by atoms with van der Waals surface area (Å²) in [5.41, 5.74) is 0.890. The number of hydrogen-bond acceptors (Lipinski definition) is 2. The van der Waals surface area contributed by atoms with E-state index in [1.165, 1.54) is 0 Å². The van der Waals surface area contributed by atoms with Gasteiger partial charge in [0.1, 0.15) is 6.42 Å².